The van der Waals surface area contributed by atoms with Crippen LogP contribution in [-0.2, 0) is 11.2 Å². The van der Waals surface area contributed by atoms with Crippen LogP contribution < -0.4 is 15.8 Å². The lowest BCUT2D eigenvalue weighted by atomic mass is 9.86. The average molecular weight is 520 g/mol. The Bertz CT molecular complexity index is 1360. The van der Waals surface area contributed by atoms with Crippen molar-refractivity contribution >= 4 is 17.4 Å². The maximum Gasteiger partial charge on any atom is 0.243 e. The number of nitrogens with two attached hydrogens (primary N) is 1. The standard InChI is InChI=1S/C29H31F2N5O2/c1-4-26(37)36-20-9-8-18(13-20)17(2)12-25-27(29(32)35-16-34-25)28(33-3)23-11-10-22(15-24(23)31)38-21-7-5-6-19(30)14-21/h4-7,10-11,14-18,20H,1,8-9,12-13H2,2-3H3,(H,36,37)(H2,32,34,35)/b33-28-/t17?,18?,20-/m1/s1. The van der Waals surface area contributed by atoms with Crippen molar-refractivity contribution in [3.8, 4) is 11.5 Å². The highest BCUT2D eigenvalue weighted by Crippen LogP contribution is 2.35. The number of anilines is 1. The third kappa shape index (κ3) is 6.22. The highest BCUT2D eigenvalue weighted by molar-refractivity contribution is 6.16. The minimum atomic E-state index is -0.571. The highest BCUT2D eigenvalue weighted by atomic mass is 19.1. The SMILES string of the molecule is C=CC(=O)N[C@@H]1CCC(C(C)Cc2ncnc(N)c2/C(=N\C)c2ccc(Oc3cccc(F)c3)cc2F)C1. The minimum Gasteiger partial charge on any atom is -0.457 e. The second-order valence-corrected chi connectivity index (χ2v) is 9.52. The Morgan fingerprint density at radius 2 is 2.03 bits per heavy atom. The van der Waals surface area contributed by atoms with Crippen LogP contribution in [0.1, 0.15) is 43.0 Å². The van der Waals surface area contributed by atoms with E-state index in [1.165, 1.54) is 36.7 Å². The monoisotopic (exact) mass is 519 g/mol. The second kappa shape index (κ2) is 11.9. The molecule has 9 heteroatoms. The van der Waals surface area contributed by atoms with Gasteiger partial charge in [0.05, 0.1) is 17.0 Å². The van der Waals surface area contributed by atoms with Crippen molar-refractivity contribution < 1.29 is 18.3 Å². The van der Waals surface area contributed by atoms with Gasteiger partial charge in [0.25, 0.3) is 0 Å². The van der Waals surface area contributed by atoms with E-state index in [4.69, 9.17) is 10.5 Å². The Hall–Kier alpha value is -4.14. The molecular formula is C29H31F2N5O2. The van der Waals surface area contributed by atoms with Gasteiger partial charge in [-0.15, -0.1) is 0 Å². The Balaban J connectivity index is 1.55. The Kier molecular flexibility index (Phi) is 8.45. The topological polar surface area (TPSA) is 102 Å². The molecule has 1 saturated carbocycles. The van der Waals surface area contributed by atoms with E-state index < -0.39 is 11.6 Å². The molecule has 0 saturated heterocycles. The predicted octanol–water partition coefficient (Wildman–Crippen LogP) is 5.25. The number of benzene rings is 2. The van der Waals surface area contributed by atoms with Crippen molar-refractivity contribution in [1.82, 2.24) is 15.3 Å². The molecule has 3 aromatic rings. The molecule has 7 nitrogen and oxygen atoms in total. The zero-order valence-electron chi connectivity index (χ0n) is 21.5. The van der Waals surface area contributed by atoms with Crippen molar-refractivity contribution in [2.75, 3.05) is 12.8 Å². The van der Waals surface area contributed by atoms with E-state index in [0.29, 0.717) is 29.3 Å². The molecule has 1 aliphatic carbocycles. The number of hydrogen-bond acceptors (Lipinski definition) is 6. The average Bonchev–Trinajstić information content (AvgIpc) is 3.35. The summed E-state index contributed by atoms with van der Waals surface area (Å²) in [5.41, 5.74) is 8.02. The van der Waals surface area contributed by atoms with Crippen LogP contribution in [0.15, 0.2) is 66.4 Å². The smallest absolute Gasteiger partial charge is 0.243 e. The minimum absolute atomic E-state index is 0.123. The lowest BCUT2D eigenvalue weighted by Crippen LogP contribution is -2.31. The van der Waals surface area contributed by atoms with Gasteiger partial charge in [-0.25, -0.2) is 18.7 Å². The van der Waals surface area contributed by atoms with Gasteiger partial charge in [-0.2, -0.15) is 0 Å². The van der Waals surface area contributed by atoms with Crippen LogP contribution in [0.2, 0.25) is 0 Å². The number of nitrogens with one attached hydrogen (secondary N) is 1. The molecule has 0 aliphatic heterocycles. The van der Waals surface area contributed by atoms with Gasteiger partial charge in [0.15, 0.2) is 0 Å². The first kappa shape index (κ1) is 26.9. The molecular weight excluding hydrogens is 488 g/mol. The van der Waals surface area contributed by atoms with Gasteiger partial charge in [-0.05, 0) is 67.9 Å². The van der Waals surface area contributed by atoms with Crippen molar-refractivity contribution in [2.45, 2.75) is 38.6 Å². The maximum atomic E-state index is 15.3. The quantitative estimate of drug-likeness (QED) is 0.297. The molecule has 2 aromatic carbocycles. The Morgan fingerprint density at radius 1 is 1.24 bits per heavy atom. The van der Waals surface area contributed by atoms with Crippen LogP contribution in [0.5, 0.6) is 11.5 Å². The third-order valence-corrected chi connectivity index (χ3v) is 6.97. The van der Waals surface area contributed by atoms with Crippen LogP contribution in [0.25, 0.3) is 0 Å². The van der Waals surface area contributed by atoms with Crippen LogP contribution in [-0.4, -0.2) is 34.7 Å². The molecule has 0 spiro atoms. The molecule has 1 aliphatic rings. The summed E-state index contributed by atoms with van der Waals surface area (Å²) in [4.78, 5) is 24.7. The number of carbonyl (C=O) groups excluding carboxylic acids is 1. The largest absolute Gasteiger partial charge is 0.457 e. The summed E-state index contributed by atoms with van der Waals surface area (Å²) in [6.45, 7) is 5.66. The van der Waals surface area contributed by atoms with Gasteiger partial charge in [0.1, 0.15) is 35.3 Å². The van der Waals surface area contributed by atoms with E-state index in [1.54, 1.807) is 25.2 Å². The van der Waals surface area contributed by atoms with Crippen molar-refractivity contribution in [2.24, 2.45) is 16.8 Å². The fourth-order valence-electron chi connectivity index (χ4n) is 5.03. The van der Waals surface area contributed by atoms with E-state index in [-0.39, 0.29) is 40.7 Å². The van der Waals surface area contributed by atoms with Crippen molar-refractivity contribution in [1.29, 1.82) is 0 Å². The first-order chi connectivity index (χ1) is 18.3. The number of aromatic nitrogens is 2. The first-order valence-electron chi connectivity index (χ1n) is 12.5. The molecule has 3 atom stereocenters. The fraction of sp³-hybridized carbons (Fsp3) is 0.310. The van der Waals surface area contributed by atoms with Gasteiger partial charge in [-0.3, -0.25) is 9.79 Å². The lowest BCUT2D eigenvalue weighted by Gasteiger charge is -2.21. The molecule has 0 bridgehead atoms. The second-order valence-electron chi connectivity index (χ2n) is 9.52. The van der Waals surface area contributed by atoms with Gasteiger partial charge in [0.2, 0.25) is 5.91 Å². The van der Waals surface area contributed by atoms with Crippen LogP contribution in [0.3, 0.4) is 0 Å². The van der Waals surface area contributed by atoms with Crippen LogP contribution >= 0.6 is 0 Å². The van der Waals surface area contributed by atoms with E-state index in [9.17, 15) is 9.18 Å². The molecule has 4 rings (SSSR count). The number of amides is 1. The number of nitrogen functional groups attached to an aromatic ring is 1. The molecule has 3 N–H and O–H groups in total. The number of nitrogens with zero attached hydrogens (tertiary/aromatic N) is 3. The highest BCUT2D eigenvalue weighted by Gasteiger charge is 2.31. The van der Waals surface area contributed by atoms with Gasteiger partial charge in [-0.1, -0.05) is 19.6 Å². The third-order valence-electron chi connectivity index (χ3n) is 6.97. The summed E-state index contributed by atoms with van der Waals surface area (Å²) < 4.78 is 34.4. The van der Waals surface area contributed by atoms with E-state index in [2.05, 4.69) is 33.8 Å². The fourth-order valence-corrected chi connectivity index (χ4v) is 5.03. The Labute approximate surface area is 220 Å². The molecule has 1 aromatic heterocycles. The lowest BCUT2D eigenvalue weighted by molar-refractivity contribution is -0.117. The number of ether oxygens (including phenoxy) is 1. The number of hydrogen-bond donors (Lipinski definition) is 2. The summed E-state index contributed by atoms with van der Waals surface area (Å²) in [7, 11) is 1.56. The molecule has 0 radical (unpaired) electrons. The summed E-state index contributed by atoms with van der Waals surface area (Å²) in [5.74, 6) is 0.131. The zero-order valence-corrected chi connectivity index (χ0v) is 21.5. The molecule has 1 heterocycles. The summed E-state index contributed by atoms with van der Waals surface area (Å²) in [5, 5.41) is 2.98. The number of aliphatic imine (C=N–C) groups is 1. The van der Waals surface area contributed by atoms with Crippen molar-refractivity contribution in [3.05, 3.63) is 89.9 Å². The summed E-state index contributed by atoms with van der Waals surface area (Å²) in [6, 6.07) is 10.1. The maximum absolute atomic E-state index is 15.3. The van der Waals surface area contributed by atoms with Gasteiger partial charge >= 0.3 is 0 Å². The Morgan fingerprint density at radius 3 is 2.74 bits per heavy atom. The van der Waals surface area contributed by atoms with Gasteiger partial charge < -0.3 is 15.8 Å². The molecule has 1 fully saturated rings. The molecule has 1 amide bonds. The zero-order chi connectivity index (χ0) is 27.2. The normalized spacial score (nSPS) is 18.2. The molecule has 198 valence electrons. The number of rotatable bonds is 9. The predicted molar refractivity (Wildman–Crippen MR) is 143 cm³/mol. The van der Waals surface area contributed by atoms with Gasteiger partial charge in [0, 0.05) is 30.8 Å². The molecule has 38 heavy (non-hydrogen) atoms. The van der Waals surface area contributed by atoms with Crippen LogP contribution in [0, 0.1) is 23.5 Å². The van der Waals surface area contributed by atoms with E-state index in [1.807, 2.05) is 0 Å². The molecule has 2 unspecified atom stereocenters. The first-order valence-corrected chi connectivity index (χ1v) is 12.5. The number of halogens is 2. The van der Waals surface area contributed by atoms with Crippen molar-refractivity contribution in [3.63, 3.8) is 0 Å². The summed E-state index contributed by atoms with van der Waals surface area (Å²) >= 11 is 0. The number of carbonyl (C=O) groups is 1. The van der Waals surface area contributed by atoms with E-state index >= 15 is 4.39 Å². The van der Waals surface area contributed by atoms with Crippen LogP contribution in [0.4, 0.5) is 14.6 Å². The summed E-state index contributed by atoms with van der Waals surface area (Å²) in [6.07, 6.45) is 6.04. The van der Waals surface area contributed by atoms with E-state index in [0.717, 1.165) is 19.3 Å².